The summed E-state index contributed by atoms with van der Waals surface area (Å²) >= 11 is 0. The van der Waals surface area contributed by atoms with Crippen LogP contribution >= 0.6 is 0 Å². The van der Waals surface area contributed by atoms with E-state index in [-0.39, 0.29) is 19.5 Å². The third-order valence-electron chi connectivity index (χ3n) is 2.16. The van der Waals surface area contributed by atoms with Crippen LogP contribution in [0.5, 0.6) is 0 Å². The van der Waals surface area contributed by atoms with Crippen LogP contribution < -0.4 is 0 Å². The van der Waals surface area contributed by atoms with Crippen molar-refractivity contribution in [2.24, 2.45) is 0 Å². The Morgan fingerprint density at radius 2 is 1.21 bits per heavy atom. The Balaban J connectivity index is 2.78. The monoisotopic (exact) mass is 234 g/mol. The molecule has 0 aliphatic rings. The van der Waals surface area contributed by atoms with E-state index in [1.807, 2.05) is 0 Å². The first-order valence-corrected chi connectivity index (χ1v) is 9.22. The van der Waals surface area contributed by atoms with Crippen LogP contribution in [0, 0.1) is 0 Å². The molecule has 0 spiro atoms. The molecule has 0 bridgehead atoms. The standard InChI is InChI=1S/C10H26O2Si2/c1-3-5-9-13-11-7-8-12-14-10-6-4-2/h3-10,13-14H2,1-2H3. The first kappa shape index (κ1) is 14.4. The molecule has 0 aromatic rings. The summed E-state index contributed by atoms with van der Waals surface area (Å²) in [7, 11) is -0.416. The molecule has 0 aliphatic carbocycles. The van der Waals surface area contributed by atoms with Crippen molar-refractivity contribution in [2.45, 2.75) is 51.6 Å². The van der Waals surface area contributed by atoms with Gasteiger partial charge >= 0.3 is 0 Å². The van der Waals surface area contributed by atoms with Crippen molar-refractivity contribution in [3.8, 4) is 0 Å². The fraction of sp³-hybridized carbons (Fsp3) is 1.00. The quantitative estimate of drug-likeness (QED) is 0.400. The average molecular weight is 234 g/mol. The van der Waals surface area contributed by atoms with Gasteiger partial charge in [-0.3, -0.25) is 0 Å². The van der Waals surface area contributed by atoms with E-state index in [0.29, 0.717) is 0 Å². The minimum absolute atomic E-state index is 0.208. The highest BCUT2D eigenvalue weighted by Crippen LogP contribution is 1.95. The molecule has 4 heteroatoms. The molecule has 0 unspecified atom stereocenters. The lowest BCUT2D eigenvalue weighted by atomic mass is 10.4. The second-order valence-corrected chi connectivity index (χ2v) is 6.69. The van der Waals surface area contributed by atoms with Crippen molar-refractivity contribution < 1.29 is 8.85 Å². The zero-order chi connectivity index (χ0) is 10.5. The number of unbranched alkanes of at least 4 members (excludes halogenated alkanes) is 2. The van der Waals surface area contributed by atoms with E-state index >= 15 is 0 Å². The third-order valence-corrected chi connectivity index (χ3v) is 4.89. The van der Waals surface area contributed by atoms with Crippen LogP contribution in [0.4, 0.5) is 0 Å². The van der Waals surface area contributed by atoms with Crippen molar-refractivity contribution in [1.29, 1.82) is 0 Å². The topological polar surface area (TPSA) is 18.5 Å². The Morgan fingerprint density at radius 3 is 1.57 bits per heavy atom. The maximum absolute atomic E-state index is 5.58. The molecule has 2 nitrogen and oxygen atoms in total. The van der Waals surface area contributed by atoms with Crippen LogP contribution in [0.3, 0.4) is 0 Å². The molecule has 0 aromatic carbocycles. The normalized spacial score (nSPS) is 12.4. The van der Waals surface area contributed by atoms with Crippen LogP contribution in [0.15, 0.2) is 0 Å². The number of rotatable bonds is 11. The number of hydrogen-bond acceptors (Lipinski definition) is 2. The van der Waals surface area contributed by atoms with Crippen molar-refractivity contribution >= 4 is 19.5 Å². The molecule has 0 aromatic heterocycles. The SMILES string of the molecule is CCCC[SiH2]OCCO[SiH2]CCCC. The molecule has 14 heavy (non-hydrogen) atoms. The molecule has 0 radical (unpaired) electrons. The van der Waals surface area contributed by atoms with Gasteiger partial charge in [0.05, 0.1) is 13.2 Å². The van der Waals surface area contributed by atoms with Gasteiger partial charge in [-0.05, 0) is 12.1 Å². The fourth-order valence-electron chi connectivity index (χ4n) is 1.23. The maximum Gasteiger partial charge on any atom is 0.161 e. The molecule has 0 saturated heterocycles. The van der Waals surface area contributed by atoms with Crippen LogP contribution in [-0.2, 0) is 8.85 Å². The van der Waals surface area contributed by atoms with Crippen LogP contribution in [0.25, 0.3) is 0 Å². The van der Waals surface area contributed by atoms with Crippen LogP contribution in [-0.4, -0.2) is 32.7 Å². The van der Waals surface area contributed by atoms with E-state index in [4.69, 9.17) is 8.85 Å². The first-order chi connectivity index (χ1) is 6.91. The predicted molar refractivity (Wildman–Crippen MR) is 68.4 cm³/mol. The highest BCUT2D eigenvalue weighted by Gasteiger charge is 1.91. The lowest BCUT2D eigenvalue weighted by Crippen LogP contribution is -2.09. The Morgan fingerprint density at radius 1 is 0.786 bits per heavy atom. The summed E-state index contributed by atoms with van der Waals surface area (Å²) in [5.74, 6) is 0. The summed E-state index contributed by atoms with van der Waals surface area (Å²) in [6.45, 7) is 6.18. The second kappa shape index (κ2) is 13.4. The van der Waals surface area contributed by atoms with E-state index in [1.165, 1.54) is 37.8 Å². The van der Waals surface area contributed by atoms with Gasteiger partial charge in [0.1, 0.15) is 0 Å². The van der Waals surface area contributed by atoms with Gasteiger partial charge in [-0.2, -0.15) is 0 Å². The average Bonchev–Trinajstić information content (AvgIpc) is 2.21. The molecule has 0 aliphatic heterocycles. The molecular formula is C10H26O2Si2. The van der Waals surface area contributed by atoms with E-state index in [9.17, 15) is 0 Å². The lowest BCUT2D eigenvalue weighted by molar-refractivity contribution is 0.229. The van der Waals surface area contributed by atoms with Crippen molar-refractivity contribution in [1.82, 2.24) is 0 Å². The minimum atomic E-state index is -0.208. The zero-order valence-corrected chi connectivity index (χ0v) is 12.7. The molecule has 86 valence electrons. The van der Waals surface area contributed by atoms with Gasteiger partial charge < -0.3 is 8.85 Å². The summed E-state index contributed by atoms with van der Waals surface area (Å²) in [5.41, 5.74) is 0. The summed E-state index contributed by atoms with van der Waals surface area (Å²) in [6.07, 6.45) is 5.30. The highest BCUT2D eigenvalue weighted by molar-refractivity contribution is 6.27. The lowest BCUT2D eigenvalue weighted by Gasteiger charge is -2.04. The van der Waals surface area contributed by atoms with Crippen LogP contribution in [0.2, 0.25) is 12.1 Å². The number of hydrogen-bond donors (Lipinski definition) is 0. The van der Waals surface area contributed by atoms with Gasteiger partial charge in [0.15, 0.2) is 19.5 Å². The van der Waals surface area contributed by atoms with Gasteiger partial charge in [-0.15, -0.1) is 0 Å². The van der Waals surface area contributed by atoms with Gasteiger partial charge in [0, 0.05) is 0 Å². The smallest absolute Gasteiger partial charge is 0.161 e. The Kier molecular flexibility index (Phi) is 13.7. The van der Waals surface area contributed by atoms with Crippen molar-refractivity contribution in [3.63, 3.8) is 0 Å². The molecule has 0 amide bonds. The Hall–Kier alpha value is 0.354. The van der Waals surface area contributed by atoms with Gasteiger partial charge in [-0.25, -0.2) is 0 Å². The van der Waals surface area contributed by atoms with E-state index in [1.54, 1.807) is 0 Å². The van der Waals surface area contributed by atoms with E-state index in [0.717, 1.165) is 13.2 Å². The molecular weight excluding hydrogens is 208 g/mol. The minimum Gasteiger partial charge on any atom is -0.422 e. The molecule has 0 atom stereocenters. The van der Waals surface area contributed by atoms with Gasteiger partial charge in [-0.1, -0.05) is 39.5 Å². The zero-order valence-electron chi connectivity index (χ0n) is 9.89. The van der Waals surface area contributed by atoms with Crippen molar-refractivity contribution in [3.05, 3.63) is 0 Å². The largest absolute Gasteiger partial charge is 0.422 e. The van der Waals surface area contributed by atoms with Crippen LogP contribution in [0.1, 0.15) is 39.5 Å². The molecule has 0 heterocycles. The van der Waals surface area contributed by atoms with Gasteiger partial charge in [0.25, 0.3) is 0 Å². The fourth-order valence-corrected chi connectivity index (χ4v) is 3.69. The van der Waals surface area contributed by atoms with Crippen molar-refractivity contribution in [2.75, 3.05) is 13.2 Å². The maximum atomic E-state index is 5.58. The molecule has 0 N–H and O–H groups in total. The first-order valence-electron chi connectivity index (χ1n) is 6.07. The summed E-state index contributed by atoms with van der Waals surface area (Å²) < 4.78 is 11.2. The van der Waals surface area contributed by atoms with E-state index < -0.39 is 0 Å². The summed E-state index contributed by atoms with van der Waals surface area (Å²) in [6, 6.07) is 2.67. The van der Waals surface area contributed by atoms with Gasteiger partial charge in [0.2, 0.25) is 0 Å². The molecule has 0 saturated carbocycles. The van der Waals surface area contributed by atoms with E-state index in [2.05, 4.69) is 13.8 Å². The highest BCUT2D eigenvalue weighted by atomic mass is 28.2. The second-order valence-electron chi connectivity index (χ2n) is 3.64. The molecule has 0 fully saturated rings. The Labute approximate surface area is 93.6 Å². The Bertz CT molecular complexity index is 90.1. The summed E-state index contributed by atoms with van der Waals surface area (Å²) in [5, 5.41) is 0. The summed E-state index contributed by atoms with van der Waals surface area (Å²) in [4.78, 5) is 0. The predicted octanol–water partition coefficient (Wildman–Crippen LogP) is 1.62. The third kappa shape index (κ3) is 12.4. The molecule has 0 rings (SSSR count).